The Balaban J connectivity index is 0.00000225. The van der Waals surface area contributed by atoms with E-state index in [1.165, 1.54) is 5.56 Å². The Hall–Kier alpha value is -1.95. The lowest BCUT2D eigenvalue weighted by Crippen LogP contribution is -2.48. The first-order valence-electron chi connectivity index (χ1n) is 8.49. The Kier molecular flexibility index (Phi) is 7.37. The third kappa shape index (κ3) is 5.26. The van der Waals surface area contributed by atoms with E-state index in [1.807, 2.05) is 30.5 Å². The number of piperazine rings is 1. The molecule has 2 heterocycles. The van der Waals surface area contributed by atoms with Crippen molar-refractivity contribution in [3.63, 3.8) is 0 Å². The molecule has 1 fully saturated rings. The number of carbonyl (C=O) groups is 1. The van der Waals surface area contributed by atoms with Crippen LogP contribution in [0.3, 0.4) is 0 Å². The second-order valence-corrected chi connectivity index (χ2v) is 6.08. The molecule has 6 heteroatoms. The number of carbonyl (C=O) groups excluding carboxylic acids is 1. The summed E-state index contributed by atoms with van der Waals surface area (Å²) >= 11 is 0. The number of aromatic nitrogens is 1. The van der Waals surface area contributed by atoms with Crippen LogP contribution in [0.4, 0.5) is 5.69 Å². The first-order chi connectivity index (χ1) is 11.8. The Morgan fingerprint density at radius 1 is 1.36 bits per heavy atom. The lowest BCUT2D eigenvalue weighted by molar-refractivity contribution is -0.118. The van der Waals surface area contributed by atoms with Crippen molar-refractivity contribution in [3.8, 4) is 0 Å². The second-order valence-electron chi connectivity index (χ2n) is 6.08. The van der Waals surface area contributed by atoms with Gasteiger partial charge in [-0.3, -0.25) is 14.7 Å². The summed E-state index contributed by atoms with van der Waals surface area (Å²) in [7, 11) is 0. The van der Waals surface area contributed by atoms with E-state index in [0.717, 1.165) is 37.3 Å². The maximum absolute atomic E-state index is 12.5. The maximum Gasteiger partial charge on any atom is 0.238 e. The van der Waals surface area contributed by atoms with Crippen LogP contribution < -0.4 is 10.6 Å². The molecule has 1 aromatic carbocycles. The number of nitrogens with one attached hydrogen (secondary N) is 2. The molecule has 25 heavy (non-hydrogen) atoms. The molecule has 0 radical (unpaired) electrons. The smallest absolute Gasteiger partial charge is 0.238 e. The van der Waals surface area contributed by atoms with Crippen LogP contribution in [0, 0.1) is 0 Å². The van der Waals surface area contributed by atoms with Crippen molar-refractivity contribution in [2.75, 3.05) is 31.5 Å². The Morgan fingerprint density at radius 2 is 2.24 bits per heavy atom. The van der Waals surface area contributed by atoms with Crippen molar-refractivity contribution >= 4 is 24.0 Å². The van der Waals surface area contributed by atoms with Gasteiger partial charge in [0, 0.05) is 43.8 Å². The highest BCUT2D eigenvalue weighted by atomic mass is 35.5. The SMILES string of the molecule is CCc1cccc(NC(=O)CN2CCNCC2c2cccnc2)c1.Cl. The van der Waals surface area contributed by atoms with E-state index < -0.39 is 0 Å². The lowest BCUT2D eigenvalue weighted by Gasteiger charge is -2.35. The normalized spacial score (nSPS) is 17.6. The molecular weight excluding hydrogens is 336 g/mol. The molecule has 1 atom stereocenters. The Labute approximate surface area is 155 Å². The molecule has 1 saturated heterocycles. The Bertz CT molecular complexity index is 680. The van der Waals surface area contributed by atoms with E-state index >= 15 is 0 Å². The number of amides is 1. The fourth-order valence-electron chi connectivity index (χ4n) is 3.09. The van der Waals surface area contributed by atoms with E-state index in [4.69, 9.17) is 0 Å². The fraction of sp³-hybridized carbons (Fsp3) is 0.368. The fourth-order valence-corrected chi connectivity index (χ4v) is 3.09. The molecule has 2 N–H and O–H groups in total. The number of halogens is 1. The quantitative estimate of drug-likeness (QED) is 0.860. The molecule has 5 nitrogen and oxygen atoms in total. The van der Waals surface area contributed by atoms with Gasteiger partial charge in [-0.05, 0) is 35.7 Å². The number of aryl methyl sites for hydroxylation is 1. The summed E-state index contributed by atoms with van der Waals surface area (Å²) in [5.74, 6) is 0.0269. The van der Waals surface area contributed by atoms with Crippen LogP contribution in [0.25, 0.3) is 0 Å². The van der Waals surface area contributed by atoms with Crippen LogP contribution >= 0.6 is 12.4 Å². The minimum atomic E-state index is 0. The van der Waals surface area contributed by atoms with Gasteiger partial charge < -0.3 is 10.6 Å². The molecule has 3 rings (SSSR count). The van der Waals surface area contributed by atoms with Crippen molar-refractivity contribution < 1.29 is 4.79 Å². The zero-order valence-corrected chi connectivity index (χ0v) is 15.3. The highest BCUT2D eigenvalue weighted by molar-refractivity contribution is 5.92. The highest BCUT2D eigenvalue weighted by Gasteiger charge is 2.25. The second kappa shape index (κ2) is 9.51. The number of pyridine rings is 1. The number of rotatable bonds is 5. The molecule has 1 aromatic heterocycles. The molecule has 1 unspecified atom stereocenters. The average molecular weight is 361 g/mol. The van der Waals surface area contributed by atoms with Crippen molar-refractivity contribution in [1.82, 2.24) is 15.2 Å². The van der Waals surface area contributed by atoms with Gasteiger partial charge in [0.25, 0.3) is 0 Å². The van der Waals surface area contributed by atoms with Crippen molar-refractivity contribution in [2.24, 2.45) is 0 Å². The number of hydrogen-bond donors (Lipinski definition) is 2. The molecule has 2 aromatic rings. The van der Waals surface area contributed by atoms with Gasteiger partial charge in [0.2, 0.25) is 5.91 Å². The zero-order valence-electron chi connectivity index (χ0n) is 14.4. The van der Waals surface area contributed by atoms with Gasteiger partial charge in [0.1, 0.15) is 0 Å². The third-order valence-electron chi connectivity index (χ3n) is 4.39. The van der Waals surface area contributed by atoms with E-state index in [2.05, 4.69) is 39.6 Å². The maximum atomic E-state index is 12.5. The van der Waals surface area contributed by atoms with Crippen LogP contribution in [0.2, 0.25) is 0 Å². The van der Waals surface area contributed by atoms with Gasteiger partial charge in [-0.1, -0.05) is 25.1 Å². The summed E-state index contributed by atoms with van der Waals surface area (Å²) in [5.41, 5.74) is 3.24. The molecule has 1 aliphatic rings. The number of hydrogen-bond acceptors (Lipinski definition) is 4. The van der Waals surface area contributed by atoms with Crippen LogP contribution in [0.5, 0.6) is 0 Å². The molecular formula is C19H25ClN4O. The van der Waals surface area contributed by atoms with Gasteiger partial charge in [-0.15, -0.1) is 12.4 Å². The summed E-state index contributed by atoms with van der Waals surface area (Å²) in [4.78, 5) is 18.9. The summed E-state index contributed by atoms with van der Waals surface area (Å²) in [6, 6.07) is 12.2. The van der Waals surface area contributed by atoms with Crippen molar-refractivity contribution in [1.29, 1.82) is 0 Å². The van der Waals surface area contributed by atoms with Crippen LogP contribution in [-0.2, 0) is 11.2 Å². The van der Waals surface area contributed by atoms with Crippen molar-refractivity contribution in [2.45, 2.75) is 19.4 Å². The topological polar surface area (TPSA) is 57.3 Å². The Morgan fingerprint density at radius 3 is 3.00 bits per heavy atom. The molecule has 134 valence electrons. The highest BCUT2D eigenvalue weighted by Crippen LogP contribution is 2.21. The number of anilines is 1. The molecule has 0 bridgehead atoms. The molecule has 0 saturated carbocycles. The first-order valence-corrected chi connectivity index (χ1v) is 8.49. The summed E-state index contributed by atoms with van der Waals surface area (Å²) < 4.78 is 0. The van der Waals surface area contributed by atoms with Gasteiger partial charge in [0.15, 0.2) is 0 Å². The summed E-state index contributed by atoms with van der Waals surface area (Å²) in [6.07, 6.45) is 4.62. The van der Waals surface area contributed by atoms with Crippen LogP contribution in [-0.4, -0.2) is 42.0 Å². The molecule has 1 aliphatic heterocycles. The standard InChI is InChI=1S/C19H24N4O.ClH/c1-2-15-5-3-7-17(11-15)22-19(24)14-23-10-9-21-13-18(23)16-6-4-8-20-12-16;/h3-8,11-12,18,21H,2,9-10,13-14H2,1H3,(H,22,24);1H. The van der Waals surface area contributed by atoms with Gasteiger partial charge >= 0.3 is 0 Å². The van der Waals surface area contributed by atoms with E-state index in [0.29, 0.717) is 6.54 Å². The molecule has 1 amide bonds. The largest absolute Gasteiger partial charge is 0.325 e. The third-order valence-corrected chi connectivity index (χ3v) is 4.39. The van der Waals surface area contributed by atoms with Crippen molar-refractivity contribution in [3.05, 3.63) is 59.9 Å². The lowest BCUT2D eigenvalue weighted by atomic mass is 10.1. The number of nitrogens with zero attached hydrogens (tertiary/aromatic N) is 2. The van der Waals surface area contributed by atoms with Crippen LogP contribution in [0.15, 0.2) is 48.8 Å². The molecule has 0 spiro atoms. The number of benzene rings is 1. The van der Waals surface area contributed by atoms with Crippen LogP contribution in [0.1, 0.15) is 24.1 Å². The van der Waals surface area contributed by atoms with Gasteiger partial charge in [0.05, 0.1) is 6.54 Å². The van der Waals surface area contributed by atoms with E-state index in [9.17, 15) is 4.79 Å². The predicted octanol–water partition coefficient (Wildman–Crippen LogP) is 2.65. The van der Waals surface area contributed by atoms with Gasteiger partial charge in [-0.25, -0.2) is 0 Å². The minimum absolute atomic E-state index is 0. The van der Waals surface area contributed by atoms with E-state index in [-0.39, 0.29) is 24.4 Å². The zero-order chi connectivity index (χ0) is 16.8. The van der Waals surface area contributed by atoms with Gasteiger partial charge in [-0.2, -0.15) is 0 Å². The summed E-state index contributed by atoms with van der Waals surface area (Å²) in [6.45, 7) is 5.08. The monoisotopic (exact) mass is 360 g/mol. The average Bonchev–Trinajstić information content (AvgIpc) is 2.63. The first kappa shape index (κ1) is 19.4. The van der Waals surface area contributed by atoms with E-state index in [1.54, 1.807) is 6.20 Å². The summed E-state index contributed by atoms with van der Waals surface area (Å²) in [5, 5.41) is 6.42. The molecule has 0 aliphatic carbocycles. The minimum Gasteiger partial charge on any atom is -0.325 e. The predicted molar refractivity (Wildman–Crippen MR) is 103 cm³/mol.